The van der Waals surface area contributed by atoms with E-state index in [0.717, 1.165) is 28.2 Å². The van der Waals surface area contributed by atoms with Gasteiger partial charge in [-0.1, -0.05) is 30.3 Å². The van der Waals surface area contributed by atoms with Gasteiger partial charge in [0, 0.05) is 41.3 Å². The number of hydroxylamine groups is 2. The van der Waals surface area contributed by atoms with E-state index in [1.54, 1.807) is 47.3 Å². The molecule has 1 saturated heterocycles. The first-order valence-electron chi connectivity index (χ1n) is 13.0. The highest BCUT2D eigenvalue weighted by molar-refractivity contribution is 7.90. The number of pyridine rings is 1. The van der Waals surface area contributed by atoms with Crippen molar-refractivity contribution in [2.24, 2.45) is 0 Å². The van der Waals surface area contributed by atoms with Gasteiger partial charge in [0.15, 0.2) is 14.9 Å². The summed E-state index contributed by atoms with van der Waals surface area (Å²) in [5.41, 5.74) is 0.939. The number of hydrogen-bond donors (Lipinski definition) is 0. The molecule has 10 nitrogen and oxygen atoms in total. The van der Waals surface area contributed by atoms with Crippen LogP contribution in [0, 0.1) is 0 Å². The van der Waals surface area contributed by atoms with Crippen LogP contribution >= 0.6 is 0 Å². The van der Waals surface area contributed by atoms with E-state index in [1.807, 2.05) is 30.3 Å². The van der Waals surface area contributed by atoms with Gasteiger partial charge in [0.2, 0.25) is 0 Å². The van der Waals surface area contributed by atoms with Crippen molar-refractivity contribution in [1.82, 2.24) is 10.0 Å². The Morgan fingerprint density at radius 3 is 2.40 bits per heavy atom. The van der Waals surface area contributed by atoms with Gasteiger partial charge < -0.3 is 23.8 Å². The van der Waals surface area contributed by atoms with E-state index >= 15 is 0 Å². The highest BCUT2D eigenvalue weighted by Crippen LogP contribution is 2.38. The normalized spacial score (nSPS) is 18.4. The first-order chi connectivity index (χ1) is 18.9. The minimum atomic E-state index is -3.43. The molecule has 40 heavy (non-hydrogen) atoms. The second-order valence-electron chi connectivity index (χ2n) is 10.7. The summed E-state index contributed by atoms with van der Waals surface area (Å²) in [6, 6.07) is 13.0. The Labute approximate surface area is 235 Å². The number of fused-ring (bicyclic) bond motifs is 1. The molecule has 1 aliphatic rings. The summed E-state index contributed by atoms with van der Waals surface area (Å²) in [5, 5.41) is 3.37. The van der Waals surface area contributed by atoms with E-state index in [1.165, 1.54) is 11.1 Å². The molecule has 1 fully saturated rings. The standard InChI is InChI=1S/C29H36N2O8S/c1-29(2,3)38-28(32)39-31-14-13-21(19-11-12-26(30-16-19)40(6,33)34)25(17-31)37-18-20-15-24(35-4)22-9-7-8-10-23(22)27(20)36-5/h7-12,15-16,21,25H,13-14,17-18H2,1-6H3. The summed E-state index contributed by atoms with van der Waals surface area (Å²) in [6.45, 7) is 6.20. The minimum Gasteiger partial charge on any atom is -0.496 e. The predicted octanol–water partition coefficient (Wildman–Crippen LogP) is 4.90. The van der Waals surface area contributed by atoms with Crippen molar-refractivity contribution < 1.29 is 37.0 Å². The fourth-order valence-corrected chi connectivity index (χ4v) is 5.37. The summed E-state index contributed by atoms with van der Waals surface area (Å²) in [6.07, 6.45) is 2.06. The zero-order valence-electron chi connectivity index (χ0n) is 23.7. The van der Waals surface area contributed by atoms with Crippen LogP contribution in [0.15, 0.2) is 53.7 Å². The fraction of sp³-hybridized carbons (Fsp3) is 0.448. The number of sulfone groups is 1. The number of carbonyl (C=O) groups excluding carboxylic acids is 1. The topological polar surface area (TPSA) is 113 Å². The molecule has 4 rings (SSSR count). The van der Waals surface area contributed by atoms with Crippen LogP contribution in [0.1, 0.15) is 44.2 Å². The third kappa shape index (κ3) is 7.01. The molecule has 0 amide bonds. The number of hydrogen-bond acceptors (Lipinski definition) is 10. The summed E-state index contributed by atoms with van der Waals surface area (Å²) in [4.78, 5) is 22.0. The Balaban J connectivity index is 1.61. The molecular formula is C29H36N2O8S. The van der Waals surface area contributed by atoms with Crippen LogP contribution in [-0.2, 0) is 30.8 Å². The Morgan fingerprint density at radius 2 is 1.80 bits per heavy atom. The number of carbonyl (C=O) groups is 1. The van der Waals surface area contributed by atoms with Gasteiger partial charge in [-0.15, -0.1) is 5.06 Å². The zero-order chi connectivity index (χ0) is 29.1. The van der Waals surface area contributed by atoms with Crippen molar-refractivity contribution in [2.45, 2.75) is 56.4 Å². The molecule has 2 unspecified atom stereocenters. The predicted molar refractivity (Wildman–Crippen MR) is 149 cm³/mol. The van der Waals surface area contributed by atoms with Gasteiger partial charge in [-0.05, 0) is 44.9 Å². The lowest BCUT2D eigenvalue weighted by molar-refractivity contribution is -0.179. The zero-order valence-corrected chi connectivity index (χ0v) is 24.5. The largest absolute Gasteiger partial charge is 0.528 e. The SMILES string of the molecule is COc1cc(COC2CN(OC(=O)OC(C)(C)C)CCC2c2ccc(S(C)(=O)=O)nc2)c(OC)c2ccccc12. The van der Waals surface area contributed by atoms with Gasteiger partial charge in [-0.2, -0.15) is 0 Å². The molecule has 0 spiro atoms. The average molecular weight is 573 g/mol. The van der Waals surface area contributed by atoms with E-state index in [4.69, 9.17) is 23.8 Å². The summed E-state index contributed by atoms with van der Waals surface area (Å²) in [7, 11) is -0.190. The highest BCUT2D eigenvalue weighted by atomic mass is 32.2. The first-order valence-corrected chi connectivity index (χ1v) is 14.8. The Kier molecular flexibility index (Phi) is 8.86. The van der Waals surface area contributed by atoms with E-state index in [2.05, 4.69) is 4.98 Å². The van der Waals surface area contributed by atoms with Crippen molar-refractivity contribution in [3.05, 3.63) is 59.8 Å². The van der Waals surface area contributed by atoms with Crippen molar-refractivity contribution in [2.75, 3.05) is 33.6 Å². The molecule has 2 heterocycles. The second-order valence-corrected chi connectivity index (χ2v) is 12.7. The van der Waals surface area contributed by atoms with Gasteiger partial charge in [-0.25, -0.2) is 18.2 Å². The number of ether oxygens (including phenoxy) is 4. The molecule has 216 valence electrons. The van der Waals surface area contributed by atoms with Gasteiger partial charge >= 0.3 is 6.16 Å². The molecule has 1 aromatic heterocycles. The molecule has 0 aliphatic carbocycles. The molecule has 3 aromatic rings. The number of methoxy groups -OCH3 is 2. The van der Waals surface area contributed by atoms with Gasteiger partial charge in [0.25, 0.3) is 0 Å². The number of aromatic nitrogens is 1. The smallest absolute Gasteiger partial charge is 0.496 e. The molecule has 1 aliphatic heterocycles. The molecular weight excluding hydrogens is 536 g/mol. The average Bonchev–Trinajstić information content (AvgIpc) is 2.89. The van der Waals surface area contributed by atoms with E-state index in [9.17, 15) is 13.2 Å². The maximum absolute atomic E-state index is 12.4. The fourth-order valence-electron chi connectivity index (χ4n) is 4.81. The lowest BCUT2D eigenvalue weighted by Crippen LogP contribution is -2.45. The summed E-state index contributed by atoms with van der Waals surface area (Å²) < 4.78 is 47.1. The molecule has 0 N–H and O–H groups in total. The quantitative estimate of drug-likeness (QED) is 0.346. The Morgan fingerprint density at radius 1 is 1.07 bits per heavy atom. The lowest BCUT2D eigenvalue weighted by atomic mass is 9.88. The monoisotopic (exact) mass is 572 g/mol. The maximum atomic E-state index is 12.4. The first kappa shape index (κ1) is 29.6. The number of piperidine rings is 1. The highest BCUT2D eigenvalue weighted by Gasteiger charge is 2.34. The number of benzene rings is 2. The minimum absolute atomic E-state index is 0.00686. The molecule has 11 heteroatoms. The second kappa shape index (κ2) is 12.0. The molecule has 2 atom stereocenters. The molecule has 2 aromatic carbocycles. The van der Waals surface area contributed by atoms with Crippen molar-refractivity contribution in [3.63, 3.8) is 0 Å². The van der Waals surface area contributed by atoms with Crippen LogP contribution in [-0.4, -0.2) is 69.9 Å². The Bertz CT molecular complexity index is 1450. The van der Waals surface area contributed by atoms with Crippen LogP contribution in [0.25, 0.3) is 10.8 Å². The molecule has 0 saturated carbocycles. The third-order valence-electron chi connectivity index (χ3n) is 6.59. The summed E-state index contributed by atoms with van der Waals surface area (Å²) in [5.74, 6) is 1.25. The van der Waals surface area contributed by atoms with Crippen LogP contribution in [0.5, 0.6) is 11.5 Å². The van der Waals surface area contributed by atoms with Crippen molar-refractivity contribution in [1.29, 1.82) is 0 Å². The van der Waals surface area contributed by atoms with Crippen LogP contribution < -0.4 is 9.47 Å². The molecule has 0 radical (unpaired) electrons. The maximum Gasteiger partial charge on any atom is 0.528 e. The van der Waals surface area contributed by atoms with Crippen LogP contribution in [0.2, 0.25) is 0 Å². The van der Waals surface area contributed by atoms with Gasteiger partial charge in [0.05, 0.1) is 33.5 Å². The third-order valence-corrected chi connectivity index (χ3v) is 7.59. The van der Waals surface area contributed by atoms with E-state index in [-0.39, 0.29) is 24.1 Å². The van der Waals surface area contributed by atoms with Crippen LogP contribution in [0.4, 0.5) is 4.79 Å². The number of rotatable bonds is 8. The van der Waals surface area contributed by atoms with Gasteiger partial charge in [-0.3, -0.25) is 0 Å². The van der Waals surface area contributed by atoms with Gasteiger partial charge in [0.1, 0.15) is 17.1 Å². The van der Waals surface area contributed by atoms with E-state index < -0.39 is 27.7 Å². The summed E-state index contributed by atoms with van der Waals surface area (Å²) >= 11 is 0. The molecule has 0 bridgehead atoms. The van der Waals surface area contributed by atoms with E-state index in [0.29, 0.717) is 24.5 Å². The van der Waals surface area contributed by atoms with Crippen molar-refractivity contribution >= 4 is 26.8 Å². The van der Waals surface area contributed by atoms with Crippen molar-refractivity contribution in [3.8, 4) is 11.5 Å². The number of nitrogens with zero attached hydrogens (tertiary/aromatic N) is 2. The lowest BCUT2D eigenvalue weighted by Gasteiger charge is -2.37. The van der Waals surface area contributed by atoms with Crippen LogP contribution in [0.3, 0.4) is 0 Å². The Hall–Kier alpha value is -3.41.